The molecule has 36 heavy (non-hydrogen) atoms. The highest BCUT2D eigenvalue weighted by atomic mass is 19.1. The third kappa shape index (κ3) is 5.18. The van der Waals surface area contributed by atoms with Gasteiger partial charge in [0.2, 0.25) is 0 Å². The van der Waals surface area contributed by atoms with Crippen LogP contribution in [0.25, 0.3) is 0 Å². The summed E-state index contributed by atoms with van der Waals surface area (Å²) in [7, 11) is 2.12. The summed E-state index contributed by atoms with van der Waals surface area (Å²) in [5, 5.41) is 6.09. The zero-order valence-corrected chi connectivity index (χ0v) is 20.3. The molecule has 2 heterocycles. The van der Waals surface area contributed by atoms with Gasteiger partial charge in [-0.1, -0.05) is 30.3 Å². The van der Waals surface area contributed by atoms with Crippen molar-refractivity contribution in [3.8, 4) is 0 Å². The summed E-state index contributed by atoms with van der Waals surface area (Å²) >= 11 is 0. The number of fused-ring (bicyclic) bond motifs is 1. The number of nitrogens with zero attached hydrogens (tertiary/aromatic N) is 3. The van der Waals surface area contributed by atoms with Crippen molar-refractivity contribution in [1.29, 1.82) is 0 Å². The Labute approximate surface area is 210 Å². The normalized spacial score (nSPS) is 18.3. The lowest BCUT2D eigenvalue weighted by Gasteiger charge is -2.34. The molecule has 1 saturated heterocycles. The molecule has 7 nitrogen and oxygen atoms in total. The Morgan fingerprint density at radius 3 is 2.44 bits per heavy atom. The molecule has 5 rings (SSSR count). The van der Waals surface area contributed by atoms with Crippen molar-refractivity contribution in [2.24, 2.45) is 0 Å². The van der Waals surface area contributed by atoms with Crippen LogP contribution in [0.2, 0.25) is 0 Å². The maximum Gasteiger partial charge on any atom is 0.251 e. The number of anilines is 3. The van der Waals surface area contributed by atoms with E-state index in [-0.39, 0.29) is 24.9 Å². The molecule has 0 aromatic heterocycles. The summed E-state index contributed by atoms with van der Waals surface area (Å²) < 4.78 is 14.1. The highest BCUT2D eigenvalue weighted by Crippen LogP contribution is 2.31. The van der Waals surface area contributed by atoms with Gasteiger partial charge in [-0.3, -0.25) is 9.59 Å². The minimum absolute atomic E-state index is 0.202. The van der Waals surface area contributed by atoms with E-state index in [9.17, 15) is 14.0 Å². The second kappa shape index (κ2) is 10.4. The van der Waals surface area contributed by atoms with Crippen LogP contribution < -0.4 is 20.4 Å². The average Bonchev–Trinajstić information content (AvgIpc) is 3.02. The van der Waals surface area contributed by atoms with Gasteiger partial charge in [-0.05, 0) is 55.1 Å². The van der Waals surface area contributed by atoms with Crippen molar-refractivity contribution in [2.45, 2.75) is 12.6 Å². The van der Waals surface area contributed by atoms with E-state index in [2.05, 4.69) is 27.5 Å². The Kier molecular flexibility index (Phi) is 6.86. The number of halogens is 1. The predicted molar refractivity (Wildman–Crippen MR) is 140 cm³/mol. The third-order valence-electron chi connectivity index (χ3n) is 6.80. The van der Waals surface area contributed by atoms with Gasteiger partial charge in [-0.2, -0.15) is 0 Å². The van der Waals surface area contributed by atoms with Crippen LogP contribution in [0.15, 0.2) is 72.8 Å². The summed E-state index contributed by atoms with van der Waals surface area (Å²) in [6, 6.07) is 20.5. The van der Waals surface area contributed by atoms with E-state index < -0.39 is 11.9 Å². The Bertz CT molecular complexity index is 1230. The molecule has 0 saturated carbocycles. The maximum absolute atomic E-state index is 14.1. The van der Waals surface area contributed by atoms with Crippen LogP contribution in [0.1, 0.15) is 15.9 Å². The number of amides is 2. The fourth-order valence-corrected chi connectivity index (χ4v) is 4.66. The maximum atomic E-state index is 14.1. The fraction of sp³-hybridized carbons (Fsp3) is 0.286. The molecule has 1 atom stereocenters. The molecule has 0 aliphatic carbocycles. The van der Waals surface area contributed by atoms with Gasteiger partial charge in [0, 0.05) is 44.0 Å². The molecule has 2 amide bonds. The van der Waals surface area contributed by atoms with Gasteiger partial charge in [0.15, 0.2) is 0 Å². The molecular formula is C28H30FN5O2. The first-order valence-electron chi connectivity index (χ1n) is 12.2. The number of nitrogens with one attached hydrogen (secondary N) is 2. The summed E-state index contributed by atoms with van der Waals surface area (Å²) in [6.45, 7) is 4.37. The first kappa shape index (κ1) is 23.8. The lowest BCUT2D eigenvalue weighted by Crippen LogP contribution is -2.50. The lowest BCUT2D eigenvalue weighted by molar-refractivity contribution is -0.120. The van der Waals surface area contributed by atoms with E-state index in [0.29, 0.717) is 16.9 Å². The lowest BCUT2D eigenvalue weighted by atomic mass is 10.1. The number of hydrogen-bond acceptors (Lipinski definition) is 5. The number of hydrogen-bond donors (Lipinski definition) is 2. The van der Waals surface area contributed by atoms with Crippen LogP contribution in [0.3, 0.4) is 0 Å². The van der Waals surface area contributed by atoms with Crippen LogP contribution in [0.5, 0.6) is 0 Å². The number of likely N-dealkylation sites (N-methyl/N-ethyl adjacent to an activating group) is 1. The minimum atomic E-state index is -0.811. The van der Waals surface area contributed by atoms with E-state index in [1.165, 1.54) is 17.0 Å². The molecule has 0 bridgehead atoms. The predicted octanol–water partition coefficient (Wildman–Crippen LogP) is 3.33. The molecule has 186 valence electrons. The molecule has 0 spiro atoms. The Morgan fingerprint density at radius 1 is 1.00 bits per heavy atom. The summed E-state index contributed by atoms with van der Waals surface area (Å²) in [6.07, 6.45) is 0. The summed E-state index contributed by atoms with van der Waals surface area (Å²) in [5.74, 6) is -1.04. The zero-order chi connectivity index (χ0) is 25.1. The van der Waals surface area contributed by atoms with Crippen molar-refractivity contribution in [1.82, 2.24) is 10.2 Å². The van der Waals surface area contributed by atoms with Crippen molar-refractivity contribution in [3.05, 3.63) is 89.7 Å². The van der Waals surface area contributed by atoms with Crippen LogP contribution in [0, 0.1) is 5.82 Å². The van der Waals surface area contributed by atoms with Gasteiger partial charge >= 0.3 is 0 Å². The standard InChI is InChI=1S/C28H30FN5O2/c1-32-13-15-33(16-14-32)23-10-7-21(8-11-23)27(35)31-25-18-30-24-12-9-22(29)17-26(24)34(28(25)36)19-20-5-3-2-4-6-20/h2-12,17,25,30H,13-16,18-19H2,1H3,(H,31,35). The number of carbonyl (C=O) groups excluding carboxylic acids is 2. The van der Waals surface area contributed by atoms with Crippen molar-refractivity contribution >= 4 is 28.9 Å². The van der Waals surface area contributed by atoms with Gasteiger partial charge < -0.3 is 25.3 Å². The van der Waals surface area contributed by atoms with E-state index in [0.717, 1.165) is 37.4 Å². The van der Waals surface area contributed by atoms with Crippen LogP contribution in [-0.2, 0) is 11.3 Å². The van der Waals surface area contributed by atoms with E-state index >= 15 is 0 Å². The van der Waals surface area contributed by atoms with Crippen molar-refractivity contribution in [3.63, 3.8) is 0 Å². The summed E-state index contributed by atoms with van der Waals surface area (Å²) in [5.41, 5.74) is 3.58. The highest BCUT2D eigenvalue weighted by molar-refractivity contribution is 6.05. The first-order valence-corrected chi connectivity index (χ1v) is 12.2. The third-order valence-corrected chi connectivity index (χ3v) is 6.80. The van der Waals surface area contributed by atoms with E-state index in [1.54, 1.807) is 18.2 Å². The minimum Gasteiger partial charge on any atom is -0.381 e. The van der Waals surface area contributed by atoms with Crippen molar-refractivity contribution < 1.29 is 14.0 Å². The number of carbonyl (C=O) groups is 2. The largest absolute Gasteiger partial charge is 0.381 e. The van der Waals surface area contributed by atoms with Crippen LogP contribution >= 0.6 is 0 Å². The van der Waals surface area contributed by atoms with Gasteiger partial charge in [0.05, 0.1) is 17.9 Å². The smallest absolute Gasteiger partial charge is 0.251 e. The molecular weight excluding hydrogens is 457 g/mol. The van der Waals surface area contributed by atoms with Gasteiger partial charge in [-0.15, -0.1) is 0 Å². The quantitative estimate of drug-likeness (QED) is 0.578. The number of piperazine rings is 1. The molecule has 8 heteroatoms. The fourth-order valence-electron chi connectivity index (χ4n) is 4.66. The highest BCUT2D eigenvalue weighted by Gasteiger charge is 2.32. The SMILES string of the molecule is CN1CCN(c2ccc(C(=O)NC3CNc4ccc(F)cc4N(Cc4ccccc4)C3=O)cc2)CC1. The Balaban J connectivity index is 1.33. The number of rotatable bonds is 5. The average molecular weight is 488 g/mol. The topological polar surface area (TPSA) is 67.9 Å². The second-order valence-electron chi connectivity index (χ2n) is 9.32. The number of benzene rings is 3. The second-order valence-corrected chi connectivity index (χ2v) is 9.32. The van der Waals surface area contributed by atoms with Gasteiger partial charge in [-0.25, -0.2) is 4.39 Å². The molecule has 1 unspecified atom stereocenters. The Morgan fingerprint density at radius 2 is 1.72 bits per heavy atom. The zero-order valence-electron chi connectivity index (χ0n) is 20.3. The molecule has 2 aliphatic heterocycles. The van der Waals surface area contributed by atoms with Crippen LogP contribution in [0.4, 0.5) is 21.5 Å². The molecule has 0 radical (unpaired) electrons. The first-order chi connectivity index (χ1) is 17.5. The molecule has 2 aliphatic rings. The molecule has 3 aromatic rings. The summed E-state index contributed by atoms with van der Waals surface area (Å²) in [4.78, 5) is 32.9. The van der Waals surface area contributed by atoms with Crippen LogP contribution in [-0.4, -0.2) is 62.5 Å². The molecule has 1 fully saturated rings. The molecule has 3 aromatic carbocycles. The van der Waals surface area contributed by atoms with Gasteiger partial charge in [0.25, 0.3) is 11.8 Å². The van der Waals surface area contributed by atoms with E-state index in [4.69, 9.17) is 0 Å². The monoisotopic (exact) mass is 487 g/mol. The Hall–Kier alpha value is -3.91. The van der Waals surface area contributed by atoms with Gasteiger partial charge in [0.1, 0.15) is 11.9 Å². The van der Waals surface area contributed by atoms with Crippen molar-refractivity contribution in [2.75, 3.05) is 54.9 Å². The molecule has 2 N–H and O–H groups in total. The van der Waals surface area contributed by atoms with E-state index in [1.807, 2.05) is 42.5 Å².